The van der Waals surface area contributed by atoms with Gasteiger partial charge in [0.1, 0.15) is 0 Å². The van der Waals surface area contributed by atoms with Crippen molar-refractivity contribution in [1.82, 2.24) is 10.2 Å². The Morgan fingerprint density at radius 3 is 2.72 bits per heavy atom. The molecule has 1 aromatic rings. The lowest BCUT2D eigenvalue weighted by molar-refractivity contribution is 0.172. The Labute approximate surface area is 110 Å². The summed E-state index contributed by atoms with van der Waals surface area (Å²) in [4.78, 5) is 2.50. The number of nitrogens with zero attached hydrogens (tertiary/aromatic N) is 1. The van der Waals surface area contributed by atoms with Crippen molar-refractivity contribution >= 4 is 0 Å². The fourth-order valence-corrected chi connectivity index (χ4v) is 2.83. The average Bonchev–Trinajstić information content (AvgIpc) is 2.45. The molecule has 2 N–H and O–H groups in total. The molecule has 0 bridgehead atoms. The fourth-order valence-electron chi connectivity index (χ4n) is 2.83. The Hall–Kier alpha value is -0.900. The van der Waals surface area contributed by atoms with Crippen LogP contribution in [0.25, 0.3) is 0 Å². The standard InChI is InChI=1S/C15H24N2O/c1-2-17-11-14(13-6-4-3-5-7-13)10-15(12-17)16-8-9-18/h3-7,14-16,18H,2,8-12H2,1H3. The number of aliphatic hydroxyl groups excluding tert-OH is 1. The Balaban J connectivity index is 2.01. The van der Waals surface area contributed by atoms with Crippen LogP contribution >= 0.6 is 0 Å². The van der Waals surface area contributed by atoms with Gasteiger partial charge in [-0.3, -0.25) is 0 Å². The third-order valence-corrected chi connectivity index (χ3v) is 3.79. The van der Waals surface area contributed by atoms with E-state index in [0.717, 1.165) is 19.6 Å². The predicted octanol–water partition coefficient (Wildman–Crippen LogP) is 1.45. The van der Waals surface area contributed by atoms with Gasteiger partial charge in [0.05, 0.1) is 6.61 Å². The van der Waals surface area contributed by atoms with Crippen LogP contribution in [0.1, 0.15) is 24.8 Å². The average molecular weight is 248 g/mol. The summed E-state index contributed by atoms with van der Waals surface area (Å²) in [5, 5.41) is 12.4. The Kier molecular flexibility index (Phi) is 5.17. The molecule has 3 heteroatoms. The van der Waals surface area contributed by atoms with Gasteiger partial charge < -0.3 is 15.3 Å². The number of benzene rings is 1. The third kappa shape index (κ3) is 3.55. The van der Waals surface area contributed by atoms with Gasteiger partial charge in [0.25, 0.3) is 0 Å². The molecular weight excluding hydrogens is 224 g/mol. The van der Waals surface area contributed by atoms with E-state index in [0.29, 0.717) is 18.5 Å². The first-order valence-corrected chi connectivity index (χ1v) is 6.95. The summed E-state index contributed by atoms with van der Waals surface area (Å²) < 4.78 is 0. The normalized spacial score (nSPS) is 25.2. The number of aliphatic hydroxyl groups is 1. The van der Waals surface area contributed by atoms with Crippen molar-refractivity contribution in [2.45, 2.75) is 25.3 Å². The van der Waals surface area contributed by atoms with Crippen LogP contribution in [-0.2, 0) is 0 Å². The fraction of sp³-hybridized carbons (Fsp3) is 0.600. The molecule has 1 aliphatic heterocycles. The van der Waals surface area contributed by atoms with Gasteiger partial charge in [-0.15, -0.1) is 0 Å². The van der Waals surface area contributed by atoms with Crippen LogP contribution in [0.4, 0.5) is 0 Å². The number of rotatable bonds is 5. The second kappa shape index (κ2) is 6.88. The van der Waals surface area contributed by atoms with Gasteiger partial charge in [0.2, 0.25) is 0 Å². The van der Waals surface area contributed by atoms with Crippen LogP contribution in [0, 0.1) is 0 Å². The minimum atomic E-state index is 0.221. The lowest BCUT2D eigenvalue weighted by Crippen LogP contribution is -2.48. The molecule has 0 amide bonds. The molecule has 100 valence electrons. The minimum absolute atomic E-state index is 0.221. The van der Waals surface area contributed by atoms with E-state index in [1.54, 1.807) is 0 Å². The molecule has 2 unspecified atom stereocenters. The molecule has 18 heavy (non-hydrogen) atoms. The van der Waals surface area contributed by atoms with E-state index in [1.807, 2.05) is 0 Å². The maximum absolute atomic E-state index is 8.93. The highest BCUT2D eigenvalue weighted by Crippen LogP contribution is 2.26. The first-order valence-electron chi connectivity index (χ1n) is 6.95. The smallest absolute Gasteiger partial charge is 0.0556 e. The molecular formula is C15H24N2O. The van der Waals surface area contributed by atoms with Crippen molar-refractivity contribution in [2.24, 2.45) is 0 Å². The van der Waals surface area contributed by atoms with Crippen molar-refractivity contribution in [1.29, 1.82) is 0 Å². The molecule has 0 spiro atoms. The highest BCUT2D eigenvalue weighted by atomic mass is 16.3. The minimum Gasteiger partial charge on any atom is -0.395 e. The number of piperidine rings is 1. The van der Waals surface area contributed by atoms with E-state index in [-0.39, 0.29) is 6.61 Å². The van der Waals surface area contributed by atoms with Crippen LogP contribution in [-0.4, -0.2) is 48.8 Å². The third-order valence-electron chi connectivity index (χ3n) is 3.79. The van der Waals surface area contributed by atoms with Gasteiger partial charge in [0, 0.05) is 25.7 Å². The zero-order valence-corrected chi connectivity index (χ0v) is 11.2. The largest absolute Gasteiger partial charge is 0.395 e. The van der Waals surface area contributed by atoms with Crippen LogP contribution in [0.5, 0.6) is 0 Å². The summed E-state index contributed by atoms with van der Waals surface area (Å²) in [6.07, 6.45) is 1.17. The van der Waals surface area contributed by atoms with Gasteiger partial charge in [-0.05, 0) is 24.4 Å². The predicted molar refractivity (Wildman–Crippen MR) is 74.8 cm³/mol. The molecule has 2 atom stereocenters. The van der Waals surface area contributed by atoms with E-state index in [2.05, 4.69) is 47.5 Å². The highest BCUT2D eigenvalue weighted by Gasteiger charge is 2.26. The number of hydrogen-bond acceptors (Lipinski definition) is 3. The number of likely N-dealkylation sites (tertiary alicyclic amines) is 1. The van der Waals surface area contributed by atoms with Crippen molar-refractivity contribution in [2.75, 3.05) is 32.8 Å². The molecule has 0 aromatic heterocycles. The lowest BCUT2D eigenvalue weighted by atomic mass is 9.88. The molecule has 1 saturated heterocycles. The van der Waals surface area contributed by atoms with Crippen molar-refractivity contribution in [3.05, 3.63) is 35.9 Å². The second-order valence-corrected chi connectivity index (χ2v) is 5.07. The summed E-state index contributed by atoms with van der Waals surface area (Å²) in [5.41, 5.74) is 1.44. The molecule has 1 aromatic carbocycles. The molecule has 0 radical (unpaired) electrons. The quantitative estimate of drug-likeness (QED) is 0.828. The van der Waals surface area contributed by atoms with Crippen LogP contribution < -0.4 is 5.32 Å². The number of hydrogen-bond donors (Lipinski definition) is 2. The summed E-state index contributed by atoms with van der Waals surface area (Å²) >= 11 is 0. The van der Waals surface area contributed by atoms with Gasteiger partial charge in [-0.2, -0.15) is 0 Å². The lowest BCUT2D eigenvalue weighted by Gasteiger charge is -2.38. The van der Waals surface area contributed by atoms with E-state index < -0.39 is 0 Å². The molecule has 0 aliphatic carbocycles. The topological polar surface area (TPSA) is 35.5 Å². The van der Waals surface area contributed by atoms with E-state index in [4.69, 9.17) is 5.11 Å². The van der Waals surface area contributed by atoms with E-state index >= 15 is 0 Å². The molecule has 1 fully saturated rings. The van der Waals surface area contributed by atoms with Crippen LogP contribution in [0.2, 0.25) is 0 Å². The Morgan fingerprint density at radius 1 is 1.28 bits per heavy atom. The summed E-state index contributed by atoms with van der Waals surface area (Å²) in [6, 6.07) is 11.3. The number of nitrogens with one attached hydrogen (secondary N) is 1. The van der Waals surface area contributed by atoms with Gasteiger partial charge in [-0.1, -0.05) is 37.3 Å². The Bertz CT molecular complexity index is 342. The maximum Gasteiger partial charge on any atom is 0.0556 e. The SMILES string of the molecule is CCN1CC(NCCO)CC(c2ccccc2)C1. The molecule has 3 nitrogen and oxygen atoms in total. The molecule has 1 aliphatic rings. The van der Waals surface area contributed by atoms with Crippen LogP contribution in [0.15, 0.2) is 30.3 Å². The van der Waals surface area contributed by atoms with Crippen molar-refractivity contribution < 1.29 is 5.11 Å². The van der Waals surface area contributed by atoms with Crippen LogP contribution in [0.3, 0.4) is 0 Å². The Morgan fingerprint density at radius 2 is 2.06 bits per heavy atom. The van der Waals surface area contributed by atoms with Gasteiger partial charge in [-0.25, -0.2) is 0 Å². The summed E-state index contributed by atoms with van der Waals surface area (Å²) in [6.45, 7) is 6.48. The first-order chi connectivity index (χ1) is 8.83. The second-order valence-electron chi connectivity index (χ2n) is 5.07. The maximum atomic E-state index is 8.93. The van der Waals surface area contributed by atoms with Crippen molar-refractivity contribution in [3.63, 3.8) is 0 Å². The van der Waals surface area contributed by atoms with E-state index in [9.17, 15) is 0 Å². The summed E-state index contributed by atoms with van der Waals surface area (Å²) in [7, 11) is 0. The van der Waals surface area contributed by atoms with Gasteiger partial charge in [0.15, 0.2) is 0 Å². The number of likely N-dealkylation sites (N-methyl/N-ethyl adjacent to an activating group) is 1. The summed E-state index contributed by atoms with van der Waals surface area (Å²) in [5.74, 6) is 0.607. The van der Waals surface area contributed by atoms with Crippen molar-refractivity contribution in [3.8, 4) is 0 Å². The zero-order valence-electron chi connectivity index (χ0n) is 11.2. The monoisotopic (exact) mass is 248 g/mol. The van der Waals surface area contributed by atoms with Gasteiger partial charge >= 0.3 is 0 Å². The van der Waals surface area contributed by atoms with E-state index in [1.165, 1.54) is 12.0 Å². The molecule has 0 saturated carbocycles. The molecule has 2 rings (SSSR count). The first kappa shape index (κ1) is 13.5. The zero-order chi connectivity index (χ0) is 12.8. The molecule has 1 heterocycles. The highest BCUT2D eigenvalue weighted by molar-refractivity contribution is 5.21.